The van der Waals surface area contributed by atoms with Gasteiger partial charge in [0.2, 0.25) is 23.6 Å². The average Bonchev–Trinajstić information content (AvgIpc) is 3.12. The minimum absolute atomic E-state index is 0.181. The molecule has 0 unspecified atom stereocenters. The fourth-order valence-electron chi connectivity index (χ4n) is 5.98. The lowest BCUT2D eigenvalue weighted by molar-refractivity contribution is -0.133. The largest absolute Gasteiger partial charge is 0.344 e. The Morgan fingerprint density at radius 1 is 0.529 bits per heavy atom. The molecule has 4 amide bonds. The molecule has 1 aromatic carbocycles. The monoisotopic (exact) mass is 715 g/mol. The molecule has 8 N–H and O–H groups in total. The number of nitrogens with two attached hydrogens (primary N) is 2. The number of Topliss-reactive ketones (excluding diaryl/α,β-unsaturated/α-hetero) is 1. The lowest BCUT2D eigenvalue weighted by Gasteiger charge is -2.24. The third-order valence-corrected chi connectivity index (χ3v) is 9.25. The first-order chi connectivity index (χ1) is 24.6. The molecule has 0 fully saturated rings. The highest BCUT2D eigenvalue weighted by molar-refractivity contribution is 6.02. The van der Waals surface area contributed by atoms with Gasteiger partial charge < -0.3 is 32.7 Å². The number of unbranched alkanes of at least 4 members (excludes halogenated alkanes) is 14. The number of nitrogens with one attached hydrogen (secondary N) is 4. The summed E-state index contributed by atoms with van der Waals surface area (Å²) in [6.07, 6.45) is 19.8. The van der Waals surface area contributed by atoms with Gasteiger partial charge >= 0.3 is 0 Å². The van der Waals surface area contributed by atoms with Gasteiger partial charge in [0.05, 0.1) is 6.04 Å². The zero-order valence-corrected chi connectivity index (χ0v) is 31.9. The molecule has 4 atom stereocenters. The molecule has 1 aromatic rings. The predicted molar refractivity (Wildman–Crippen MR) is 206 cm³/mol. The van der Waals surface area contributed by atoms with Crippen LogP contribution < -0.4 is 32.7 Å². The van der Waals surface area contributed by atoms with Gasteiger partial charge in [-0.15, -0.1) is 0 Å². The molecule has 0 aliphatic carbocycles. The molecule has 0 spiro atoms. The number of ketones is 1. The average molecular weight is 715 g/mol. The summed E-state index contributed by atoms with van der Waals surface area (Å²) in [6, 6.07) is 5.26. The van der Waals surface area contributed by atoms with Gasteiger partial charge in [-0.2, -0.15) is 0 Å². The summed E-state index contributed by atoms with van der Waals surface area (Å²) in [5, 5.41) is 11.0. The second kappa shape index (κ2) is 29.3. The highest BCUT2D eigenvalue weighted by Crippen LogP contribution is 2.14. The number of carbonyl (C=O) groups is 5. The van der Waals surface area contributed by atoms with Crippen molar-refractivity contribution < 1.29 is 24.0 Å². The van der Waals surface area contributed by atoms with E-state index in [1.807, 2.05) is 6.07 Å². The van der Waals surface area contributed by atoms with Crippen LogP contribution in [0.4, 0.5) is 0 Å². The Hall–Kier alpha value is -3.31. The standard InChI is InChI=1S/C40H70N6O5/c1-4-5-6-7-8-9-10-11-12-13-14-15-19-28-36(47)45-35(27-21-23-30-42)40(51)44-31(2)38(49)43-32(3)39(50)46-34(26-20-22-29-41)37(48)33-24-17-16-18-25-33/h16-18,24-25,31-32,34-35H,4-15,19-23,26-30,41-42H2,1-3H3,(H,43,49)(H,44,51)(H,45,47)(H,46,50)/t31-,32-,34-,35-/m0/s1. The minimum atomic E-state index is -0.964. The SMILES string of the molecule is CCCCCCCCCCCCCCCC(=O)N[C@@H](CCCCN)C(=O)N[C@@H](C)C(=O)N[C@@H](C)C(=O)N[C@@H](CCCCN)C(=O)c1ccccc1. The van der Waals surface area contributed by atoms with Crippen LogP contribution in [0.25, 0.3) is 0 Å². The number of benzene rings is 1. The van der Waals surface area contributed by atoms with Crippen LogP contribution in [-0.4, -0.2) is 66.7 Å². The number of hydrogen-bond acceptors (Lipinski definition) is 7. The number of rotatable bonds is 31. The van der Waals surface area contributed by atoms with Crippen LogP contribution in [0.3, 0.4) is 0 Å². The van der Waals surface area contributed by atoms with Crippen molar-refractivity contribution in [2.45, 2.75) is 173 Å². The summed E-state index contributed by atoms with van der Waals surface area (Å²) in [7, 11) is 0. The van der Waals surface area contributed by atoms with Crippen LogP contribution >= 0.6 is 0 Å². The predicted octanol–water partition coefficient (Wildman–Crippen LogP) is 5.59. The van der Waals surface area contributed by atoms with Crippen LogP contribution in [0.2, 0.25) is 0 Å². The molecule has 1 rings (SSSR count). The molecule has 51 heavy (non-hydrogen) atoms. The Bertz CT molecular complexity index is 1120. The van der Waals surface area contributed by atoms with Crippen molar-refractivity contribution >= 4 is 29.4 Å². The zero-order valence-electron chi connectivity index (χ0n) is 31.9. The summed E-state index contributed by atoms with van der Waals surface area (Å²) >= 11 is 0. The molecule has 0 aliphatic rings. The van der Waals surface area contributed by atoms with E-state index in [-0.39, 0.29) is 11.7 Å². The van der Waals surface area contributed by atoms with Crippen LogP contribution in [0, 0.1) is 0 Å². The molecule has 0 aliphatic heterocycles. The summed E-state index contributed by atoms with van der Waals surface area (Å²) in [5.41, 5.74) is 11.8. The van der Waals surface area contributed by atoms with Gasteiger partial charge in [0.15, 0.2) is 5.78 Å². The summed E-state index contributed by atoms with van der Waals surface area (Å²) in [5.74, 6) is -1.92. The van der Waals surface area contributed by atoms with E-state index in [1.165, 1.54) is 78.1 Å². The minimum Gasteiger partial charge on any atom is -0.344 e. The van der Waals surface area contributed by atoms with E-state index in [9.17, 15) is 24.0 Å². The fraction of sp³-hybridized carbons (Fsp3) is 0.725. The van der Waals surface area contributed by atoms with Crippen molar-refractivity contribution in [2.24, 2.45) is 11.5 Å². The van der Waals surface area contributed by atoms with E-state index in [4.69, 9.17) is 11.5 Å². The molecule has 0 saturated heterocycles. The molecule has 290 valence electrons. The van der Waals surface area contributed by atoms with Gasteiger partial charge in [-0.1, -0.05) is 114 Å². The van der Waals surface area contributed by atoms with Crippen molar-refractivity contribution in [1.29, 1.82) is 0 Å². The second-order valence-electron chi connectivity index (χ2n) is 13.9. The number of carbonyl (C=O) groups excluding carboxylic acids is 5. The van der Waals surface area contributed by atoms with Crippen LogP contribution in [0.15, 0.2) is 30.3 Å². The Morgan fingerprint density at radius 3 is 1.49 bits per heavy atom. The first-order valence-electron chi connectivity index (χ1n) is 19.8. The first kappa shape index (κ1) is 45.7. The van der Waals surface area contributed by atoms with Crippen molar-refractivity contribution in [1.82, 2.24) is 21.3 Å². The third kappa shape index (κ3) is 21.6. The van der Waals surface area contributed by atoms with E-state index in [0.717, 1.165) is 19.3 Å². The molecule has 11 nitrogen and oxygen atoms in total. The van der Waals surface area contributed by atoms with Gasteiger partial charge in [0, 0.05) is 12.0 Å². The Kier molecular flexibility index (Phi) is 26.2. The molecule has 0 saturated carbocycles. The van der Waals surface area contributed by atoms with E-state index < -0.39 is 41.9 Å². The summed E-state index contributed by atoms with van der Waals surface area (Å²) in [4.78, 5) is 65.2. The smallest absolute Gasteiger partial charge is 0.243 e. The Morgan fingerprint density at radius 2 is 0.980 bits per heavy atom. The Balaban J connectivity index is 2.53. The van der Waals surface area contributed by atoms with E-state index in [1.54, 1.807) is 24.3 Å². The van der Waals surface area contributed by atoms with Gasteiger partial charge in [0.25, 0.3) is 0 Å². The second-order valence-corrected chi connectivity index (χ2v) is 13.9. The van der Waals surface area contributed by atoms with Gasteiger partial charge in [-0.3, -0.25) is 24.0 Å². The van der Waals surface area contributed by atoms with Gasteiger partial charge in [-0.05, 0) is 71.9 Å². The third-order valence-electron chi connectivity index (χ3n) is 9.25. The number of hydrogen-bond donors (Lipinski definition) is 6. The molecule has 11 heteroatoms. The molecule has 0 aromatic heterocycles. The molecular formula is C40H70N6O5. The Labute approximate surface area is 308 Å². The quantitative estimate of drug-likeness (QED) is 0.0428. The maximum atomic E-state index is 13.2. The van der Waals surface area contributed by atoms with Crippen molar-refractivity contribution in [3.63, 3.8) is 0 Å². The normalized spacial score (nSPS) is 13.4. The number of amides is 4. The summed E-state index contributed by atoms with van der Waals surface area (Å²) in [6.45, 7) is 6.25. The van der Waals surface area contributed by atoms with Crippen LogP contribution in [0.1, 0.15) is 160 Å². The van der Waals surface area contributed by atoms with Gasteiger partial charge in [0.1, 0.15) is 18.1 Å². The van der Waals surface area contributed by atoms with Crippen LogP contribution in [0.5, 0.6) is 0 Å². The zero-order chi connectivity index (χ0) is 37.7. The van der Waals surface area contributed by atoms with Gasteiger partial charge in [-0.25, -0.2) is 0 Å². The molecule has 0 heterocycles. The highest BCUT2D eigenvalue weighted by Gasteiger charge is 2.28. The summed E-state index contributed by atoms with van der Waals surface area (Å²) < 4.78 is 0. The lowest BCUT2D eigenvalue weighted by atomic mass is 9.99. The van der Waals surface area contributed by atoms with E-state index in [2.05, 4.69) is 28.2 Å². The lowest BCUT2D eigenvalue weighted by Crippen LogP contribution is -2.56. The topological polar surface area (TPSA) is 186 Å². The van der Waals surface area contributed by atoms with E-state index in [0.29, 0.717) is 63.6 Å². The highest BCUT2D eigenvalue weighted by atomic mass is 16.2. The maximum absolute atomic E-state index is 13.2. The molecule has 0 radical (unpaired) electrons. The van der Waals surface area contributed by atoms with Crippen molar-refractivity contribution in [3.05, 3.63) is 35.9 Å². The molecule has 0 bridgehead atoms. The van der Waals surface area contributed by atoms with Crippen molar-refractivity contribution in [2.75, 3.05) is 13.1 Å². The maximum Gasteiger partial charge on any atom is 0.243 e. The first-order valence-corrected chi connectivity index (χ1v) is 19.8. The fourth-order valence-corrected chi connectivity index (χ4v) is 5.98. The van der Waals surface area contributed by atoms with E-state index >= 15 is 0 Å². The van der Waals surface area contributed by atoms with Crippen LogP contribution in [-0.2, 0) is 19.2 Å². The van der Waals surface area contributed by atoms with Crippen molar-refractivity contribution in [3.8, 4) is 0 Å². The molecular weight excluding hydrogens is 644 g/mol.